The number of aromatic nitrogens is 1. The first kappa shape index (κ1) is 18.3. The molecule has 1 saturated heterocycles. The van der Waals surface area contributed by atoms with Crippen molar-refractivity contribution in [2.75, 3.05) is 38.1 Å². The van der Waals surface area contributed by atoms with Crippen LogP contribution in [0.4, 0.5) is 10.2 Å². The molecule has 5 nitrogen and oxygen atoms in total. The Morgan fingerprint density at radius 3 is 2.62 bits per heavy atom. The van der Waals surface area contributed by atoms with Crippen LogP contribution in [0.5, 0.6) is 0 Å². The Morgan fingerprint density at radius 1 is 1.15 bits per heavy atom. The molecule has 1 amide bonds. The molecular weight excluding hydrogens is 331 g/mol. The number of nitrogens with one attached hydrogen (secondary N) is 1. The number of hydrogen-bond donors (Lipinski definition) is 1. The van der Waals surface area contributed by atoms with Crippen LogP contribution in [0.1, 0.15) is 17.5 Å². The second kappa shape index (κ2) is 8.76. The maximum Gasteiger partial charge on any atom is 0.220 e. The lowest BCUT2D eigenvalue weighted by Crippen LogP contribution is -2.44. The summed E-state index contributed by atoms with van der Waals surface area (Å²) >= 11 is 0. The lowest BCUT2D eigenvalue weighted by atomic mass is 10.1. The number of likely N-dealkylation sites (N-methyl/N-ethyl adjacent to an activating group) is 1. The van der Waals surface area contributed by atoms with Gasteiger partial charge in [-0.2, -0.15) is 0 Å². The average molecular weight is 356 g/mol. The quantitative estimate of drug-likeness (QED) is 0.862. The van der Waals surface area contributed by atoms with Gasteiger partial charge in [0.2, 0.25) is 5.91 Å². The van der Waals surface area contributed by atoms with Crippen molar-refractivity contribution in [3.05, 3.63) is 59.5 Å². The van der Waals surface area contributed by atoms with E-state index in [4.69, 9.17) is 0 Å². The number of hydrogen-bond acceptors (Lipinski definition) is 4. The maximum atomic E-state index is 13.6. The highest BCUT2D eigenvalue weighted by Gasteiger charge is 2.15. The van der Waals surface area contributed by atoms with E-state index in [9.17, 15) is 9.18 Å². The topological polar surface area (TPSA) is 48.5 Å². The average Bonchev–Trinajstić information content (AvgIpc) is 2.67. The zero-order valence-corrected chi connectivity index (χ0v) is 15.1. The van der Waals surface area contributed by atoms with Gasteiger partial charge in [-0.1, -0.05) is 24.3 Å². The fourth-order valence-corrected chi connectivity index (χ4v) is 2.98. The van der Waals surface area contributed by atoms with Gasteiger partial charge in [0.05, 0.1) is 0 Å². The molecule has 0 saturated carbocycles. The third-order valence-electron chi connectivity index (χ3n) is 4.71. The summed E-state index contributed by atoms with van der Waals surface area (Å²) in [6.45, 7) is 4.49. The van der Waals surface area contributed by atoms with E-state index in [1.165, 1.54) is 6.07 Å². The van der Waals surface area contributed by atoms with E-state index in [1.807, 2.05) is 18.3 Å². The first-order valence-electron chi connectivity index (χ1n) is 9.00. The van der Waals surface area contributed by atoms with Crippen LogP contribution in [0.15, 0.2) is 42.6 Å². The number of rotatable bonds is 6. The predicted octanol–water partition coefficient (Wildman–Crippen LogP) is 2.22. The zero-order chi connectivity index (χ0) is 18.4. The number of anilines is 1. The molecule has 0 bridgehead atoms. The third-order valence-corrected chi connectivity index (χ3v) is 4.71. The molecule has 1 aliphatic rings. The molecule has 6 heteroatoms. The summed E-state index contributed by atoms with van der Waals surface area (Å²) in [7, 11) is 2.13. The zero-order valence-electron chi connectivity index (χ0n) is 15.1. The van der Waals surface area contributed by atoms with E-state index in [-0.39, 0.29) is 18.1 Å². The summed E-state index contributed by atoms with van der Waals surface area (Å²) in [5.41, 5.74) is 1.53. The van der Waals surface area contributed by atoms with E-state index in [1.54, 1.807) is 18.2 Å². The second-order valence-electron chi connectivity index (χ2n) is 6.68. The Kier molecular flexibility index (Phi) is 6.17. The number of pyridine rings is 1. The molecule has 138 valence electrons. The van der Waals surface area contributed by atoms with Crippen molar-refractivity contribution in [1.29, 1.82) is 0 Å². The number of amides is 1. The number of benzene rings is 1. The van der Waals surface area contributed by atoms with Crippen molar-refractivity contribution >= 4 is 11.7 Å². The predicted molar refractivity (Wildman–Crippen MR) is 101 cm³/mol. The number of carbonyl (C=O) groups is 1. The van der Waals surface area contributed by atoms with E-state index >= 15 is 0 Å². The number of halogens is 1. The molecule has 3 rings (SSSR count). The maximum absolute atomic E-state index is 13.6. The van der Waals surface area contributed by atoms with Crippen molar-refractivity contribution in [1.82, 2.24) is 15.2 Å². The van der Waals surface area contributed by atoms with Crippen LogP contribution in [0.2, 0.25) is 0 Å². The van der Waals surface area contributed by atoms with Crippen molar-refractivity contribution in [2.45, 2.75) is 19.4 Å². The molecule has 0 radical (unpaired) electrons. The Morgan fingerprint density at radius 2 is 1.92 bits per heavy atom. The van der Waals surface area contributed by atoms with Crippen molar-refractivity contribution in [3.8, 4) is 0 Å². The Bertz CT molecular complexity index is 727. The van der Waals surface area contributed by atoms with Gasteiger partial charge in [0.15, 0.2) is 0 Å². The molecule has 1 aliphatic heterocycles. The van der Waals surface area contributed by atoms with E-state index in [0.29, 0.717) is 18.5 Å². The number of carbonyl (C=O) groups excluding carboxylic acids is 1. The van der Waals surface area contributed by atoms with Crippen LogP contribution < -0.4 is 10.2 Å². The summed E-state index contributed by atoms with van der Waals surface area (Å²) in [5, 5.41) is 2.87. The largest absolute Gasteiger partial charge is 0.354 e. The lowest BCUT2D eigenvalue weighted by molar-refractivity contribution is -0.121. The van der Waals surface area contributed by atoms with Crippen LogP contribution in [0.25, 0.3) is 0 Å². The molecule has 1 aromatic heterocycles. The van der Waals surface area contributed by atoms with Crippen LogP contribution in [-0.4, -0.2) is 49.0 Å². The molecule has 0 atom stereocenters. The molecule has 26 heavy (non-hydrogen) atoms. The van der Waals surface area contributed by atoms with Gasteiger partial charge in [0.25, 0.3) is 0 Å². The van der Waals surface area contributed by atoms with Gasteiger partial charge in [-0.05, 0) is 36.7 Å². The van der Waals surface area contributed by atoms with Gasteiger partial charge in [-0.25, -0.2) is 9.37 Å². The Hall–Kier alpha value is -2.47. The van der Waals surface area contributed by atoms with Crippen LogP contribution in [-0.2, 0) is 17.8 Å². The fourth-order valence-electron chi connectivity index (χ4n) is 2.98. The molecule has 2 heterocycles. The van der Waals surface area contributed by atoms with Crippen molar-refractivity contribution < 1.29 is 9.18 Å². The molecule has 1 aromatic carbocycles. The van der Waals surface area contributed by atoms with Gasteiger partial charge in [0, 0.05) is 45.3 Å². The molecule has 0 aliphatic carbocycles. The van der Waals surface area contributed by atoms with Crippen molar-refractivity contribution in [3.63, 3.8) is 0 Å². The van der Waals surface area contributed by atoms with Gasteiger partial charge >= 0.3 is 0 Å². The second-order valence-corrected chi connectivity index (χ2v) is 6.68. The highest BCUT2D eigenvalue weighted by Crippen LogP contribution is 2.14. The Balaban J connectivity index is 1.44. The first-order chi connectivity index (χ1) is 12.6. The van der Waals surface area contributed by atoms with E-state index in [2.05, 4.69) is 27.1 Å². The highest BCUT2D eigenvalue weighted by molar-refractivity contribution is 5.76. The smallest absolute Gasteiger partial charge is 0.220 e. The van der Waals surface area contributed by atoms with Gasteiger partial charge < -0.3 is 15.1 Å². The number of aryl methyl sites for hydroxylation is 1. The normalized spacial score (nSPS) is 15.1. The SMILES string of the molecule is CN1CCN(c2ccc(CNC(=O)CCc3ccccc3F)cn2)CC1. The summed E-state index contributed by atoms with van der Waals surface area (Å²) in [6.07, 6.45) is 2.48. The minimum atomic E-state index is -0.260. The van der Waals surface area contributed by atoms with Gasteiger partial charge in [0.1, 0.15) is 11.6 Å². The van der Waals surface area contributed by atoms with Crippen LogP contribution in [0, 0.1) is 5.82 Å². The number of piperazine rings is 1. The summed E-state index contributed by atoms with van der Waals surface area (Å²) in [4.78, 5) is 21.1. The molecule has 0 unspecified atom stereocenters. The van der Waals surface area contributed by atoms with Crippen molar-refractivity contribution in [2.24, 2.45) is 0 Å². The highest BCUT2D eigenvalue weighted by atomic mass is 19.1. The fraction of sp³-hybridized carbons (Fsp3) is 0.400. The Labute approximate surface area is 153 Å². The van der Waals surface area contributed by atoms with Gasteiger partial charge in [-0.3, -0.25) is 4.79 Å². The lowest BCUT2D eigenvalue weighted by Gasteiger charge is -2.33. The molecular formula is C20H25FN4O. The third kappa shape index (κ3) is 5.02. The molecule has 1 N–H and O–H groups in total. The first-order valence-corrected chi connectivity index (χ1v) is 9.00. The van der Waals surface area contributed by atoms with E-state index in [0.717, 1.165) is 37.6 Å². The van der Waals surface area contributed by atoms with Crippen LogP contribution >= 0.6 is 0 Å². The minimum Gasteiger partial charge on any atom is -0.354 e. The molecule has 0 spiro atoms. The van der Waals surface area contributed by atoms with Crippen LogP contribution in [0.3, 0.4) is 0 Å². The minimum absolute atomic E-state index is 0.0867. The van der Waals surface area contributed by atoms with E-state index < -0.39 is 0 Å². The summed E-state index contributed by atoms with van der Waals surface area (Å²) < 4.78 is 13.6. The standard InChI is InChI=1S/C20H25FN4O/c1-24-10-12-25(13-11-24)19-8-6-16(14-22-19)15-23-20(26)9-7-17-4-2-3-5-18(17)21/h2-6,8,14H,7,9-13,15H2,1H3,(H,23,26). The number of nitrogens with zero attached hydrogens (tertiary/aromatic N) is 3. The molecule has 2 aromatic rings. The summed E-state index contributed by atoms with van der Waals surface area (Å²) in [6, 6.07) is 10.6. The summed E-state index contributed by atoms with van der Waals surface area (Å²) in [5.74, 6) is 0.633. The van der Waals surface area contributed by atoms with Gasteiger partial charge in [-0.15, -0.1) is 0 Å². The molecule has 1 fully saturated rings. The monoisotopic (exact) mass is 356 g/mol.